The van der Waals surface area contributed by atoms with Crippen LogP contribution in [0.5, 0.6) is 0 Å². The third-order valence-electron chi connectivity index (χ3n) is 3.24. The Morgan fingerprint density at radius 2 is 2.26 bits per heavy atom. The highest BCUT2D eigenvalue weighted by molar-refractivity contribution is 6.31. The number of imidazole rings is 2. The lowest BCUT2D eigenvalue weighted by molar-refractivity contribution is -0.136. The molecular formula is C13H12ClN3O2. The average Bonchev–Trinajstić information content (AvgIpc) is 2.85. The van der Waals surface area contributed by atoms with Crippen LogP contribution in [0.25, 0.3) is 16.8 Å². The molecule has 3 rings (SSSR count). The van der Waals surface area contributed by atoms with E-state index in [2.05, 4.69) is 4.98 Å². The van der Waals surface area contributed by atoms with Gasteiger partial charge >= 0.3 is 5.97 Å². The molecule has 0 saturated carbocycles. The van der Waals surface area contributed by atoms with Crippen molar-refractivity contribution in [1.29, 1.82) is 0 Å². The Morgan fingerprint density at radius 1 is 1.47 bits per heavy atom. The van der Waals surface area contributed by atoms with E-state index in [-0.39, 0.29) is 6.42 Å². The van der Waals surface area contributed by atoms with Gasteiger partial charge in [-0.05, 0) is 24.6 Å². The van der Waals surface area contributed by atoms with Gasteiger partial charge in [-0.15, -0.1) is 0 Å². The fourth-order valence-electron chi connectivity index (χ4n) is 2.25. The van der Waals surface area contributed by atoms with Crippen molar-refractivity contribution in [3.63, 3.8) is 0 Å². The molecule has 6 heteroatoms. The van der Waals surface area contributed by atoms with Crippen LogP contribution in [-0.2, 0) is 18.3 Å². The first-order chi connectivity index (χ1) is 9.06. The number of fused-ring (bicyclic) bond motifs is 3. The number of benzene rings is 1. The number of hydrogen-bond acceptors (Lipinski definition) is 2. The molecule has 2 heterocycles. The highest BCUT2D eigenvalue weighted by atomic mass is 35.5. The van der Waals surface area contributed by atoms with Gasteiger partial charge in [0.2, 0.25) is 5.78 Å². The van der Waals surface area contributed by atoms with Crippen LogP contribution in [0.1, 0.15) is 12.1 Å². The maximum absolute atomic E-state index is 10.6. The lowest BCUT2D eigenvalue weighted by Crippen LogP contribution is -2.02. The topological polar surface area (TPSA) is 59.5 Å². The molecule has 1 aromatic carbocycles. The van der Waals surface area contributed by atoms with Gasteiger partial charge in [0.15, 0.2) is 0 Å². The molecule has 0 spiro atoms. The van der Waals surface area contributed by atoms with Crippen molar-refractivity contribution in [2.24, 2.45) is 7.05 Å². The molecule has 0 fully saturated rings. The number of rotatable bonds is 3. The first-order valence-electron chi connectivity index (χ1n) is 5.90. The zero-order chi connectivity index (χ0) is 13.6. The standard InChI is InChI=1S/C13H12ClN3O2/c1-16-9(3-5-12(18)19)7-17-11-6-8(14)2-4-10(11)15-13(16)17/h2,4,6-7H,3,5H2,1H3,(H,18,19). The molecule has 0 aliphatic rings. The van der Waals surface area contributed by atoms with E-state index in [0.29, 0.717) is 11.4 Å². The van der Waals surface area contributed by atoms with Crippen molar-refractivity contribution in [1.82, 2.24) is 14.0 Å². The number of aromatic nitrogens is 3. The number of hydrogen-bond donors (Lipinski definition) is 1. The summed E-state index contributed by atoms with van der Waals surface area (Å²) < 4.78 is 3.86. The molecule has 5 nitrogen and oxygen atoms in total. The molecule has 19 heavy (non-hydrogen) atoms. The number of aryl methyl sites for hydroxylation is 2. The minimum atomic E-state index is -0.799. The summed E-state index contributed by atoms with van der Waals surface area (Å²) in [4.78, 5) is 15.2. The largest absolute Gasteiger partial charge is 0.481 e. The number of carboxylic acids is 1. The molecule has 0 unspecified atom stereocenters. The predicted molar refractivity (Wildman–Crippen MR) is 72.6 cm³/mol. The Labute approximate surface area is 114 Å². The molecule has 98 valence electrons. The van der Waals surface area contributed by atoms with E-state index >= 15 is 0 Å². The molecule has 0 radical (unpaired) electrons. The van der Waals surface area contributed by atoms with Crippen molar-refractivity contribution in [2.75, 3.05) is 0 Å². The van der Waals surface area contributed by atoms with Gasteiger partial charge in [-0.25, -0.2) is 4.98 Å². The van der Waals surface area contributed by atoms with Gasteiger partial charge in [-0.3, -0.25) is 9.20 Å². The Morgan fingerprint density at radius 3 is 3.00 bits per heavy atom. The molecule has 0 amide bonds. The fourth-order valence-corrected chi connectivity index (χ4v) is 2.41. The summed E-state index contributed by atoms with van der Waals surface area (Å²) >= 11 is 6.00. The summed E-state index contributed by atoms with van der Waals surface area (Å²) in [6.45, 7) is 0. The molecule has 1 N–H and O–H groups in total. The summed E-state index contributed by atoms with van der Waals surface area (Å²) in [6, 6.07) is 5.54. The van der Waals surface area contributed by atoms with Gasteiger partial charge in [0.05, 0.1) is 17.5 Å². The predicted octanol–water partition coefficient (Wildman–Crippen LogP) is 2.50. The zero-order valence-corrected chi connectivity index (χ0v) is 11.1. The maximum Gasteiger partial charge on any atom is 0.303 e. The van der Waals surface area contributed by atoms with E-state index in [4.69, 9.17) is 16.7 Å². The van der Waals surface area contributed by atoms with Crippen LogP contribution in [0.3, 0.4) is 0 Å². The molecule has 2 aromatic heterocycles. The van der Waals surface area contributed by atoms with Crippen LogP contribution in [0, 0.1) is 0 Å². The van der Waals surface area contributed by atoms with Crippen molar-refractivity contribution >= 4 is 34.4 Å². The first kappa shape index (κ1) is 12.0. The Bertz CT molecular complexity index is 788. The Balaban J connectivity index is 2.15. The third-order valence-corrected chi connectivity index (χ3v) is 3.47. The first-order valence-corrected chi connectivity index (χ1v) is 6.28. The van der Waals surface area contributed by atoms with Gasteiger partial charge < -0.3 is 9.67 Å². The van der Waals surface area contributed by atoms with Crippen LogP contribution < -0.4 is 0 Å². The lowest BCUT2D eigenvalue weighted by Gasteiger charge is -1.99. The van der Waals surface area contributed by atoms with Crippen LogP contribution in [0.4, 0.5) is 0 Å². The Hall–Kier alpha value is -2.01. The average molecular weight is 278 g/mol. The van der Waals surface area contributed by atoms with Crippen LogP contribution in [0.2, 0.25) is 5.02 Å². The monoisotopic (exact) mass is 277 g/mol. The minimum Gasteiger partial charge on any atom is -0.481 e. The van der Waals surface area contributed by atoms with Crippen molar-refractivity contribution < 1.29 is 9.90 Å². The second-order valence-corrected chi connectivity index (χ2v) is 4.92. The second kappa shape index (κ2) is 4.28. The van der Waals surface area contributed by atoms with Gasteiger partial charge in [0.25, 0.3) is 0 Å². The second-order valence-electron chi connectivity index (χ2n) is 4.49. The molecule has 0 saturated heterocycles. The zero-order valence-electron chi connectivity index (χ0n) is 10.3. The summed E-state index contributed by atoms with van der Waals surface area (Å²) in [5.74, 6) is -0.00982. The van der Waals surface area contributed by atoms with E-state index < -0.39 is 5.97 Å². The van der Waals surface area contributed by atoms with Gasteiger partial charge in [-0.2, -0.15) is 0 Å². The summed E-state index contributed by atoms with van der Waals surface area (Å²) in [5, 5.41) is 9.41. The molecular weight excluding hydrogens is 266 g/mol. The van der Waals surface area contributed by atoms with Crippen LogP contribution in [0.15, 0.2) is 24.4 Å². The van der Waals surface area contributed by atoms with Crippen LogP contribution in [-0.4, -0.2) is 25.0 Å². The third kappa shape index (κ3) is 1.96. The number of halogens is 1. The van der Waals surface area contributed by atoms with Crippen LogP contribution >= 0.6 is 11.6 Å². The number of nitrogens with zero attached hydrogens (tertiary/aromatic N) is 3. The van der Waals surface area contributed by atoms with Crippen molar-refractivity contribution in [3.05, 3.63) is 35.1 Å². The Kier molecular flexibility index (Phi) is 2.71. The maximum atomic E-state index is 10.6. The quantitative estimate of drug-likeness (QED) is 0.800. The molecule has 0 bridgehead atoms. The number of aliphatic carboxylic acids is 1. The molecule has 0 aliphatic carbocycles. The summed E-state index contributed by atoms with van der Waals surface area (Å²) in [6.07, 6.45) is 2.51. The van der Waals surface area contributed by atoms with Crippen molar-refractivity contribution in [3.8, 4) is 0 Å². The van der Waals surface area contributed by atoms with Gasteiger partial charge in [0.1, 0.15) is 0 Å². The minimum absolute atomic E-state index is 0.111. The summed E-state index contributed by atoms with van der Waals surface area (Å²) in [7, 11) is 1.89. The number of carbonyl (C=O) groups is 1. The van der Waals surface area contributed by atoms with E-state index in [1.54, 1.807) is 0 Å². The number of carboxylic acid groups (broad SMARTS) is 1. The summed E-state index contributed by atoms with van der Waals surface area (Å²) in [5.41, 5.74) is 2.74. The highest BCUT2D eigenvalue weighted by Gasteiger charge is 2.12. The van der Waals surface area contributed by atoms with Gasteiger partial charge in [-0.1, -0.05) is 11.6 Å². The van der Waals surface area contributed by atoms with Gasteiger partial charge in [0, 0.05) is 24.0 Å². The van der Waals surface area contributed by atoms with Crippen molar-refractivity contribution in [2.45, 2.75) is 12.8 Å². The van der Waals surface area contributed by atoms with E-state index in [1.165, 1.54) is 0 Å². The highest BCUT2D eigenvalue weighted by Crippen LogP contribution is 2.22. The smallest absolute Gasteiger partial charge is 0.303 e. The van der Waals surface area contributed by atoms with E-state index in [9.17, 15) is 4.79 Å². The van der Waals surface area contributed by atoms with E-state index in [1.807, 2.05) is 40.4 Å². The van der Waals surface area contributed by atoms with E-state index in [0.717, 1.165) is 22.5 Å². The normalized spacial score (nSPS) is 11.5. The fraction of sp³-hybridized carbons (Fsp3) is 0.231. The molecule has 0 aliphatic heterocycles. The molecule has 0 atom stereocenters. The SMILES string of the molecule is Cn1c(CCC(=O)O)cn2c3cc(Cl)ccc3nc12. The molecule has 3 aromatic rings. The lowest BCUT2D eigenvalue weighted by atomic mass is 10.2.